The van der Waals surface area contributed by atoms with E-state index in [0.717, 1.165) is 6.07 Å². The van der Waals surface area contributed by atoms with Crippen LogP contribution in [0.1, 0.15) is 5.56 Å². The zero-order valence-corrected chi connectivity index (χ0v) is 10.1. The Labute approximate surface area is 107 Å². The van der Waals surface area contributed by atoms with E-state index in [-0.39, 0.29) is 17.7 Å². The van der Waals surface area contributed by atoms with Crippen molar-refractivity contribution < 1.29 is 13.2 Å². The molecule has 1 N–H and O–H groups in total. The summed E-state index contributed by atoms with van der Waals surface area (Å²) in [4.78, 5) is 11.2. The van der Waals surface area contributed by atoms with Crippen molar-refractivity contribution in [1.29, 1.82) is 0 Å². The Morgan fingerprint density at radius 1 is 1.11 bits per heavy atom. The Bertz CT molecular complexity index is 667. The molecule has 0 aliphatic heterocycles. The number of hydrogen-bond acceptors (Lipinski definition) is 2. The van der Waals surface area contributed by atoms with E-state index in [2.05, 4.69) is 5.32 Å². The summed E-state index contributed by atoms with van der Waals surface area (Å²) in [5.41, 5.74) is 0.406. The molecular weight excluding hydrogens is 257 g/mol. The number of anilines is 1. The standard InChI is InChI=1S/C13H11F3N2O/c1-18-7-9(2-3-13(18)19)17-6-8-4-11(15)12(16)5-10(8)14/h2-5,7,17H,6H2,1H3. The van der Waals surface area contributed by atoms with Gasteiger partial charge in [0.05, 0.1) is 5.69 Å². The van der Waals surface area contributed by atoms with Gasteiger partial charge in [-0.2, -0.15) is 0 Å². The lowest BCUT2D eigenvalue weighted by atomic mass is 10.2. The Kier molecular flexibility index (Phi) is 3.59. The van der Waals surface area contributed by atoms with Gasteiger partial charge in [0.15, 0.2) is 11.6 Å². The van der Waals surface area contributed by atoms with Crippen LogP contribution >= 0.6 is 0 Å². The van der Waals surface area contributed by atoms with E-state index >= 15 is 0 Å². The smallest absolute Gasteiger partial charge is 0.250 e. The first-order chi connectivity index (χ1) is 8.97. The van der Waals surface area contributed by atoms with Crippen molar-refractivity contribution in [3.63, 3.8) is 0 Å². The summed E-state index contributed by atoms with van der Waals surface area (Å²) < 4.78 is 40.5. The topological polar surface area (TPSA) is 34.0 Å². The first-order valence-electron chi connectivity index (χ1n) is 5.51. The number of hydrogen-bond donors (Lipinski definition) is 1. The molecule has 0 radical (unpaired) electrons. The van der Waals surface area contributed by atoms with E-state index in [1.165, 1.54) is 22.9 Å². The average Bonchev–Trinajstić information content (AvgIpc) is 2.36. The highest BCUT2D eigenvalue weighted by atomic mass is 19.2. The van der Waals surface area contributed by atoms with Gasteiger partial charge >= 0.3 is 0 Å². The fourth-order valence-electron chi connectivity index (χ4n) is 1.60. The van der Waals surface area contributed by atoms with Crippen LogP contribution in [0.2, 0.25) is 0 Å². The monoisotopic (exact) mass is 268 g/mol. The first-order valence-corrected chi connectivity index (χ1v) is 5.51. The van der Waals surface area contributed by atoms with Crippen molar-refractivity contribution in [3.05, 3.63) is 63.8 Å². The molecular formula is C13H11F3N2O. The van der Waals surface area contributed by atoms with Gasteiger partial charge in [0, 0.05) is 37.5 Å². The molecule has 0 unspecified atom stereocenters. The number of pyridine rings is 1. The molecule has 19 heavy (non-hydrogen) atoms. The van der Waals surface area contributed by atoms with Crippen LogP contribution in [0.5, 0.6) is 0 Å². The molecule has 0 bridgehead atoms. The van der Waals surface area contributed by atoms with Crippen LogP contribution in [0.4, 0.5) is 18.9 Å². The fourth-order valence-corrected chi connectivity index (χ4v) is 1.60. The van der Waals surface area contributed by atoms with Gasteiger partial charge in [0.1, 0.15) is 5.82 Å². The molecule has 0 fully saturated rings. The maximum Gasteiger partial charge on any atom is 0.250 e. The van der Waals surface area contributed by atoms with E-state index in [1.807, 2.05) is 0 Å². The van der Waals surface area contributed by atoms with Crippen molar-refractivity contribution >= 4 is 5.69 Å². The predicted octanol–water partition coefficient (Wildman–Crippen LogP) is 2.41. The third-order valence-electron chi connectivity index (χ3n) is 2.66. The van der Waals surface area contributed by atoms with Crippen LogP contribution in [0.15, 0.2) is 35.3 Å². The van der Waals surface area contributed by atoms with E-state index in [0.29, 0.717) is 11.8 Å². The summed E-state index contributed by atoms with van der Waals surface area (Å²) in [6, 6.07) is 4.19. The third-order valence-corrected chi connectivity index (χ3v) is 2.66. The lowest BCUT2D eigenvalue weighted by Crippen LogP contribution is -2.15. The summed E-state index contributed by atoms with van der Waals surface area (Å²) >= 11 is 0. The second-order valence-corrected chi connectivity index (χ2v) is 4.08. The lowest BCUT2D eigenvalue weighted by molar-refractivity contribution is 0.490. The second kappa shape index (κ2) is 5.17. The van der Waals surface area contributed by atoms with Gasteiger partial charge < -0.3 is 9.88 Å². The van der Waals surface area contributed by atoms with E-state index in [9.17, 15) is 18.0 Å². The molecule has 0 aliphatic rings. The largest absolute Gasteiger partial charge is 0.380 e. The predicted molar refractivity (Wildman–Crippen MR) is 65.3 cm³/mol. The molecule has 0 aliphatic carbocycles. The molecule has 2 aromatic rings. The minimum atomic E-state index is -1.22. The van der Waals surface area contributed by atoms with Gasteiger partial charge in [0.2, 0.25) is 5.56 Å². The number of aromatic nitrogens is 1. The van der Waals surface area contributed by atoms with Crippen LogP contribution in [0, 0.1) is 17.5 Å². The van der Waals surface area contributed by atoms with Gasteiger partial charge in [-0.15, -0.1) is 0 Å². The van der Waals surface area contributed by atoms with Crippen molar-refractivity contribution in [1.82, 2.24) is 4.57 Å². The maximum absolute atomic E-state index is 13.4. The minimum absolute atomic E-state index is 0.00718. The average molecular weight is 268 g/mol. The van der Waals surface area contributed by atoms with Crippen molar-refractivity contribution in [3.8, 4) is 0 Å². The van der Waals surface area contributed by atoms with Gasteiger partial charge in [-0.25, -0.2) is 13.2 Å². The van der Waals surface area contributed by atoms with Crippen LogP contribution in [-0.2, 0) is 13.6 Å². The van der Waals surface area contributed by atoms with E-state index in [1.54, 1.807) is 7.05 Å². The van der Waals surface area contributed by atoms with Crippen molar-refractivity contribution in [2.45, 2.75) is 6.54 Å². The van der Waals surface area contributed by atoms with Crippen LogP contribution in [-0.4, -0.2) is 4.57 Å². The highest BCUT2D eigenvalue weighted by Crippen LogP contribution is 2.15. The minimum Gasteiger partial charge on any atom is -0.380 e. The fraction of sp³-hybridized carbons (Fsp3) is 0.154. The Morgan fingerprint density at radius 2 is 1.79 bits per heavy atom. The molecule has 0 atom stereocenters. The zero-order chi connectivity index (χ0) is 14.0. The molecule has 1 aromatic heterocycles. The maximum atomic E-state index is 13.4. The Morgan fingerprint density at radius 3 is 2.47 bits per heavy atom. The summed E-state index contributed by atoms with van der Waals surface area (Å²) in [6.45, 7) is -0.0127. The Balaban J connectivity index is 2.16. The van der Waals surface area contributed by atoms with E-state index < -0.39 is 17.5 Å². The molecule has 1 aromatic carbocycles. The van der Waals surface area contributed by atoms with E-state index in [4.69, 9.17) is 0 Å². The molecule has 0 saturated carbocycles. The SMILES string of the molecule is Cn1cc(NCc2cc(F)c(F)cc2F)ccc1=O. The molecule has 3 nitrogen and oxygen atoms in total. The zero-order valence-electron chi connectivity index (χ0n) is 10.1. The number of rotatable bonds is 3. The summed E-state index contributed by atoms with van der Waals surface area (Å²) in [6.07, 6.45) is 1.53. The highest BCUT2D eigenvalue weighted by Gasteiger charge is 2.09. The number of benzene rings is 1. The second-order valence-electron chi connectivity index (χ2n) is 4.08. The molecule has 0 amide bonds. The summed E-state index contributed by atoms with van der Waals surface area (Å²) in [7, 11) is 1.58. The summed E-state index contributed by atoms with van der Waals surface area (Å²) in [5.74, 6) is -3.14. The molecule has 6 heteroatoms. The quantitative estimate of drug-likeness (QED) is 0.867. The highest BCUT2D eigenvalue weighted by molar-refractivity contribution is 5.41. The number of aryl methyl sites for hydroxylation is 1. The van der Waals surface area contributed by atoms with Crippen molar-refractivity contribution in [2.24, 2.45) is 7.05 Å². The van der Waals surface area contributed by atoms with Crippen LogP contribution in [0.25, 0.3) is 0 Å². The van der Waals surface area contributed by atoms with Gasteiger partial charge in [-0.3, -0.25) is 4.79 Å². The van der Waals surface area contributed by atoms with Gasteiger partial charge in [-0.05, 0) is 12.1 Å². The van der Waals surface area contributed by atoms with Gasteiger partial charge in [-0.1, -0.05) is 0 Å². The molecule has 2 rings (SSSR count). The number of nitrogens with zero attached hydrogens (tertiary/aromatic N) is 1. The van der Waals surface area contributed by atoms with Gasteiger partial charge in [0.25, 0.3) is 0 Å². The number of nitrogens with one attached hydrogen (secondary N) is 1. The molecule has 0 saturated heterocycles. The number of halogens is 3. The third kappa shape index (κ3) is 2.96. The molecule has 100 valence electrons. The van der Waals surface area contributed by atoms with Crippen LogP contribution < -0.4 is 10.9 Å². The van der Waals surface area contributed by atoms with Crippen LogP contribution in [0.3, 0.4) is 0 Å². The normalized spacial score (nSPS) is 10.5. The Hall–Kier alpha value is -2.24. The van der Waals surface area contributed by atoms with Crippen molar-refractivity contribution in [2.75, 3.05) is 5.32 Å². The first kappa shape index (κ1) is 13.2. The molecule has 0 spiro atoms. The lowest BCUT2D eigenvalue weighted by Gasteiger charge is -2.09. The summed E-state index contributed by atoms with van der Waals surface area (Å²) in [5, 5.41) is 2.83. The molecule has 1 heterocycles.